The lowest BCUT2D eigenvalue weighted by atomic mass is 9.96. The fourth-order valence-electron chi connectivity index (χ4n) is 2.74. The van der Waals surface area contributed by atoms with E-state index in [4.69, 9.17) is 5.84 Å². The highest BCUT2D eigenvalue weighted by atomic mass is 15.2. The van der Waals surface area contributed by atoms with Crippen molar-refractivity contribution in [2.75, 3.05) is 0 Å². The van der Waals surface area contributed by atoms with Gasteiger partial charge in [-0.25, -0.2) is 0 Å². The molecule has 0 aliphatic rings. The Balaban J connectivity index is 2.01. The molecular weight excluding hydrogens is 256 g/mol. The standard InChI is InChI=1S/C19H26N2/c1-3-6-16-9-11-18(12-10-16)19(21-20)14-13-17-8-5-4-7-15(17)2/h4-5,7-12,19,21H,3,6,13-14,20H2,1-2H3. The number of hydrogen-bond donors (Lipinski definition) is 2. The summed E-state index contributed by atoms with van der Waals surface area (Å²) >= 11 is 0. The molecule has 2 aromatic rings. The molecule has 2 rings (SSSR count). The Bertz CT molecular complexity index is 546. The topological polar surface area (TPSA) is 38.0 Å². The molecule has 0 bridgehead atoms. The summed E-state index contributed by atoms with van der Waals surface area (Å²) in [6.45, 7) is 4.38. The summed E-state index contributed by atoms with van der Waals surface area (Å²) < 4.78 is 0. The molecule has 2 aromatic carbocycles. The van der Waals surface area contributed by atoms with Crippen molar-refractivity contribution in [3.05, 3.63) is 70.8 Å². The predicted octanol–water partition coefficient (Wildman–Crippen LogP) is 4.08. The number of rotatable bonds is 7. The number of nitrogens with one attached hydrogen (secondary N) is 1. The third-order valence-corrected chi connectivity index (χ3v) is 4.09. The summed E-state index contributed by atoms with van der Waals surface area (Å²) in [4.78, 5) is 0. The van der Waals surface area contributed by atoms with Gasteiger partial charge in [0.15, 0.2) is 0 Å². The number of nitrogens with two attached hydrogens (primary N) is 1. The Labute approximate surface area is 128 Å². The first-order chi connectivity index (χ1) is 10.2. The molecule has 1 unspecified atom stereocenters. The molecule has 0 radical (unpaired) electrons. The summed E-state index contributed by atoms with van der Waals surface area (Å²) in [7, 11) is 0. The molecule has 0 aliphatic heterocycles. The van der Waals surface area contributed by atoms with Gasteiger partial charge in [-0.05, 0) is 48.4 Å². The second kappa shape index (κ2) is 7.96. The van der Waals surface area contributed by atoms with Crippen molar-refractivity contribution in [3.8, 4) is 0 Å². The van der Waals surface area contributed by atoms with E-state index >= 15 is 0 Å². The molecule has 0 aliphatic carbocycles. The predicted molar refractivity (Wildman–Crippen MR) is 90.0 cm³/mol. The number of hydrazine groups is 1. The van der Waals surface area contributed by atoms with E-state index < -0.39 is 0 Å². The molecule has 0 aromatic heterocycles. The first-order valence-electron chi connectivity index (χ1n) is 7.84. The maximum absolute atomic E-state index is 5.75. The van der Waals surface area contributed by atoms with Crippen molar-refractivity contribution in [2.24, 2.45) is 5.84 Å². The zero-order valence-electron chi connectivity index (χ0n) is 13.1. The zero-order chi connectivity index (χ0) is 15.1. The first-order valence-corrected chi connectivity index (χ1v) is 7.84. The van der Waals surface area contributed by atoms with Crippen LogP contribution in [0.3, 0.4) is 0 Å². The normalized spacial score (nSPS) is 12.3. The van der Waals surface area contributed by atoms with Gasteiger partial charge < -0.3 is 0 Å². The zero-order valence-corrected chi connectivity index (χ0v) is 13.1. The van der Waals surface area contributed by atoms with Crippen LogP contribution in [0.2, 0.25) is 0 Å². The molecule has 0 amide bonds. The van der Waals surface area contributed by atoms with Gasteiger partial charge in [0.25, 0.3) is 0 Å². The van der Waals surface area contributed by atoms with E-state index in [1.807, 2.05) is 0 Å². The molecule has 21 heavy (non-hydrogen) atoms. The molecule has 0 fully saturated rings. The van der Waals surface area contributed by atoms with E-state index in [2.05, 4.69) is 67.8 Å². The summed E-state index contributed by atoms with van der Waals surface area (Å²) in [5.74, 6) is 5.75. The van der Waals surface area contributed by atoms with Gasteiger partial charge in [-0.3, -0.25) is 11.3 Å². The third-order valence-electron chi connectivity index (χ3n) is 4.09. The molecule has 3 N–H and O–H groups in total. The Kier molecular flexibility index (Phi) is 5.97. The van der Waals surface area contributed by atoms with Gasteiger partial charge in [0.05, 0.1) is 0 Å². The van der Waals surface area contributed by atoms with Gasteiger partial charge in [-0.1, -0.05) is 61.9 Å². The van der Waals surface area contributed by atoms with Crippen LogP contribution in [0.25, 0.3) is 0 Å². The van der Waals surface area contributed by atoms with Crippen LogP contribution >= 0.6 is 0 Å². The van der Waals surface area contributed by atoms with Crippen molar-refractivity contribution in [3.63, 3.8) is 0 Å². The van der Waals surface area contributed by atoms with E-state index in [-0.39, 0.29) is 6.04 Å². The molecular formula is C19H26N2. The molecule has 0 saturated carbocycles. The summed E-state index contributed by atoms with van der Waals surface area (Å²) in [6, 6.07) is 17.6. The molecule has 1 atom stereocenters. The van der Waals surface area contributed by atoms with Crippen LogP contribution in [0.15, 0.2) is 48.5 Å². The van der Waals surface area contributed by atoms with Gasteiger partial charge in [-0.2, -0.15) is 0 Å². The van der Waals surface area contributed by atoms with Crippen LogP contribution in [0.1, 0.15) is 48.1 Å². The fraction of sp³-hybridized carbons (Fsp3) is 0.368. The Morgan fingerprint density at radius 1 is 1.00 bits per heavy atom. The lowest BCUT2D eigenvalue weighted by Crippen LogP contribution is -2.28. The maximum atomic E-state index is 5.75. The lowest BCUT2D eigenvalue weighted by molar-refractivity contribution is 0.516. The number of aryl methyl sites for hydroxylation is 3. The highest BCUT2D eigenvalue weighted by Gasteiger charge is 2.10. The van der Waals surface area contributed by atoms with E-state index in [1.165, 1.54) is 28.7 Å². The van der Waals surface area contributed by atoms with Gasteiger partial charge >= 0.3 is 0 Å². The van der Waals surface area contributed by atoms with E-state index in [0.29, 0.717) is 0 Å². The Hall–Kier alpha value is -1.64. The summed E-state index contributed by atoms with van der Waals surface area (Å²) in [6.07, 6.45) is 4.38. The van der Waals surface area contributed by atoms with Crippen LogP contribution in [0, 0.1) is 6.92 Å². The first kappa shape index (κ1) is 15.7. The van der Waals surface area contributed by atoms with E-state index in [9.17, 15) is 0 Å². The minimum absolute atomic E-state index is 0.209. The van der Waals surface area contributed by atoms with E-state index in [0.717, 1.165) is 19.3 Å². The molecule has 2 nitrogen and oxygen atoms in total. The second-order valence-corrected chi connectivity index (χ2v) is 5.68. The average Bonchev–Trinajstić information content (AvgIpc) is 2.51. The van der Waals surface area contributed by atoms with Crippen molar-refractivity contribution >= 4 is 0 Å². The lowest BCUT2D eigenvalue weighted by Gasteiger charge is -2.17. The highest BCUT2D eigenvalue weighted by Crippen LogP contribution is 2.20. The van der Waals surface area contributed by atoms with Crippen molar-refractivity contribution in [2.45, 2.75) is 45.6 Å². The van der Waals surface area contributed by atoms with Crippen LogP contribution in [-0.2, 0) is 12.8 Å². The van der Waals surface area contributed by atoms with Gasteiger partial charge in [0, 0.05) is 6.04 Å². The maximum Gasteiger partial charge on any atom is 0.0463 e. The quantitative estimate of drug-likeness (QED) is 0.593. The van der Waals surface area contributed by atoms with Gasteiger partial charge in [0.2, 0.25) is 0 Å². The smallest absolute Gasteiger partial charge is 0.0463 e. The van der Waals surface area contributed by atoms with Crippen LogP contribution in [-0.4, -0.2) is 0 Å². The van der Waals surface area contributed by atoms with Crippen molar-refractivity contribution in [1.29, 1.82) is 0 Å². The van der Waals surface area contributed by atoms with Gasteiger partial charge in [-0.15, -0.1) is 0 Å². The summed E-state index contributed by atoms with van der Waals surface area (Å²) in [5, 5.41) is 0. The second-order valence-electron chi connectivity index (χ2n) is 5.68. The molecule has 0 spiro atoms. The SMILES string of the molecule is CCCc1ccc(C(CCc2ccccc2C)NN)cc1. The van der Waals surface area contributed by atoms with Gasteiger partial charge in [0.1, 0.15) is 0 Å². The minimum Gasteiger partial charge on any atom is -0.271 e. The van der Waals surface area contributed by atoms with Crippen molar-refractivity contribution < 1.29 is 0 Å². The van der Waals surface area contributed by atoms with Crippen LogP contribution in [0.5, 0.6) is 0 Å². The molecule has 112 valence electrons. The summed E-state index contributed by atoms with van der Waals surface area (Å²) in [5.41, 5.74) is 8.38. The highest BCUT2D eigenvalue weighted by molar-refractivity contribution is 5.28. The molecule has 0 saturated heterocycles. The number of benzene rings is 2. The van der Waals surface area contributed by atoms with E-state index in [1.54, 1.807) is 0 Å². The Morgan fingerprint density at radius 3 is 2.33 bits per heavy atom. The Morgan fingerprint density at radius 2 is 1.71 bits per heavy atom. The number of hydrogen-bond acceptors (Lipinski definition) is 2. The molecule has 0 heterocycles. The average molecular weight is 282 g/mol. The third kappa shape index (κ3) is 4.42. The largest absolute Gasteiger partial charge is 0.271 e. The van der Waals surface area contributed by atoms with Crippen molar-refractivity contribution in [1.82, 2.24) is 5.43 Å². The van der Waals surface area contributed by atoms with Crippen LogP contribution < -0.4 is 11.3 Å². The monoisotopic (exact) mass is 282 g/mol. The fourth-order valence-corrected chi connectivity index (χ4v) is 2.74. The van der Waals surface area contributed by atoms with Crippen LogP contribution in [0.4, 0.5) is 0 Å². The molecule has 2 heteroatoms. The minimum atomic E-state index is 0.209.